The standard InChI is InChI=1S/C13H17Cl2N3O/c1-4-16-12(10-5-6-11(15)19-10)13-9(14)7-17-18(13)8(2)3/h5-8,12,16H,4H2,1-3H3. The van der Waals surface area contributed by atoms with E-state index in [1.54, 1.807) is 12.3 Å². The van der Waals surface area contributed by atoms with E-state index in [1.165, 1.54) is 0 Å². The molecule has 2 heterocycles. The zero-order valence-corrected chi connectivity index (χ0v) is 12.7. The lowest BCUT2D eigenvalue weighted by Gasteiger charge is -2.20. The van der Waals surface area contributed by atoms with Gasteiger partial charge in [0.15, 0.2) is 5.22 Å². The predicted octanol–water partition coefficient (Wildman–Crippen LogP) is 4.06. The molecule has 4 nitrogen and oxygen atoms in total. The fourth-order valence-corrected chi connectivity index (χ4v) is 2.44. The molecule has 0 radical (unpaired) electrons. The SMILES string of the molecule is CCNC(c1ccc(Cl)o1)c1c(Cl)cnn1C(C)C. The highest BCUT2D eigenvalue weighted by Gasteiger charge is 2.25. The lowest BCUT2D eigenvalue weighted by Crippen LogP contribution is -2.25. The lowest BCUT2D eigenvalue weighted by atomic mass is 10.1. The molecule has 0 saturated heterocycles. The molecule has 0 aromatic carbocycles. The molecule has 2 rings (SSSR count). The molecule has 1 atom stereocenters. The van der Waals surface area contributed by atoms with Crippen molar-refractivity contribution < 1.29 is 4.42 Å². The Balaban J connectivity index is 2.47. The highest BCUT2D eigenvalue weighted by Crippen LogP contribution is 2.31. The third kappa shape index (κ3) is 2.96. The number of hydrogen-bond acceptors (Lipinski definition) is 3. The van der Waals surface area contributed by atoms with Crippen LogP contribution in [-0.4, -0.2) is 16.3 Å². The average molecular weight is 302 g/mol. The van der Waals surface area contributed by atoms with Crippen LogP contribution in [0.1, 0.15) is 44.3 Å². The van der Waals surface area contributed by atoms with Crippen LogP contribution >= 0.6 is 23.2 Å². The van der Waals surface area contributed by atoms with Gasteiger partial charge in [0.2, 0.25) is 0 Å². The van der Waals surface area contributed by atoms with E-state index in [9.17, 15) is 0 Å². The normalized spacial score (nSPS) is 13.2. The van der Waals surface area contributed by atoms with Gasteiger partial charge in [0.25, 0.3) is 0 Å². The molecule has 2 aromatic rings. The molecule has 2 aromatic heterocycles. The average Bonchev–Trinajstić information content (AvgIpc) is 2.93. The second kappa shape index (κ2) is 5.99. The van der Waals surface area contributed by atoms with Crippen LogP contribution in [0.4, 0.5) is 0 Å². The molecular formula is C13H17Cl2N3O. The molecular weight excluding hydrogens is 285 g/mol. The number of hydrogen-bond donors (Lipinski definition) is 1. The highest BCUT2D eigenvalue weighted by atomic mass is 35.5. The van der Waals surface area contributed by atoms with Gasteiger partial charge in [-0.3, -0.25) is 4.68 Å². The molecule has 1 unspecified atom stereocenters. The first-order chi connectivity index (χ1) is 9.04. The first kappa shape index (κ1) is 14.4. The van der Waals surface area contributed by atoms with Crippen LogP contribution in [0.2, 0.25) is 10.2 Å². The third-order valence-corrected chi connectivity index (χ3v) is 3.33. The molecule has 1 N–H and O–H groups in total. The van der Waals surface area contributed by atoms with Crippen molar-refractivity contribution >= 4 is 23.2 Å². The first-order valence-corrected chi connectivity index (χ1v) is 7.01. The molecule has 104 valence electrons. The number of nitrogens with zero attached hydrogens (tertiary/aromatic N) is 2. The van der Waals surface area contributed by atoms with Gasteiger partial charge in [0.05, 0.1) is 16.9 Å². The Kier molecular flexibility index (Phi) is 4.55. The minimum atomic E-state index is -0.158. The van der Waals surface area contributed by atoms with Crippen molar-refractivity contribution in [3.05, 3.63) is 40.0 Å². The maximum absolute atomic E-state index is 6.28. The van der Waals surface area contributed by atoms with Gasteiger partial charge in [0.1, 0.15) is 11.8 Å². The number of halogens is 2. The van der Waals surface area contributed by atoms with Crippen LogP contribution in [0.15, 0.2) is 22.7 Å². The first-order valence-electron chi connectivity index (χ1n) is 6.26. The Morgan fingerprint density at radius 3 is 2.63 bits per heavy atom. The minimum Gasteiger partial charge on any atom is -0.448 e. The van der Waals surface area contributed by atoms with Gasteiger partial charge in [-0.05, 0) is 44.1 Å². The van der Waals surface area contributed by atoms with E-state index in [2.05, 4.69) is 24.3 Å². The molecule has 0 saturated carbocycles. The fourth-order valence-electron chi connectivity index (χ4n) is 2.05. The Labute approximate surface area is 122 Å². The van der Waals surface area contributed by atoms with Crippen molar-refractivity contribution in [1.82, 2.24) is 15.1 Å². The Bertz CT molecular complexity index is 548. The van der Waals surface area contributed by atoms with Gasteiger partial charge in [-0.2, -0.15) is 5.10 Å². The van der Waals surface area contributed by atoms with Crippen LogP contribution in [0, 0.1) is 0 Å². The maximum atomic E-state index is 6.28. The van der Waals surface area contributed by atoms with Crippen molar-refractivity contribution in [3.63, 3.8) is 0 Å². The minimum absolute atomic E-state index is 0.158. The monoisotopic (exact) mass is 301 g/mol. The number of nitrogens with one attached hydrogen (secondary N) is 1. The number of rotatable bonds is 5. The molecule has 6 heteroatoms. The summed E-state index contributed by atoms with van der Waals surface area (Å²) in [5.41, 5.74) is 0.893. The van der Waals surface area contributed by atoms with E-state index in [0.717, 1.165) is 18.0 Å². The molecule has 0 aliphatic rings. The van der Waals surface area contributed by atoms with Crippen molar-refractivity contribution in [1.29, 1.82) is 0 Å². The van der Waals surface area contributed by atoms with E-state index in [4.69, 9.17) is 27.6 Å². The summed E-state index contributed by atoms with van der Waals surface area (Å²) in [6, 6.07) is 3.64. The third-order valence-electron chi connectivity index (χ3n) is 2.84. The number of aromatic nitrogens is 2. The van der Waals surface area contributed by atoms with Crippen LogP contribution < -0.4 is 5.32 Å². The topological polar surface area (TPSA) is 43.0 Å². The van der Waals surface area contributed by atoms with Gasteiger partial charge in [0, 0.05) is 6.04 Å². The summed E-state index contributed by atoms with van der Waals surface area (Å²) in [5.74, 6) is 0.733. The Morgan fingerprint density at radius 2 is 2.11 bits per heavy atom. The van der Waals surface area contributed by atoms with Crippen LogP contribution in [-0.2, 0) is 0 Å². The van der Waals surface area contributed by atoms with Crippen LogP contribution in [0.5, 0.6) is 0 Å². The molecule has 0 fully saturated rings. The second-order valence-corrected chi connectivity index (χ2v) is 5.33. The molecule has 0 amide bonds. The summed E-state index contributed by atoms with van der Waals surface area (Å²) in [6.45, 7) is 6.93. The van der Waals surface area contributed by atoms with Gasteiger partial charge >= 0.3 is 0 Å². The van der Waals surface area contributed by atoms with Crippen LogP contribution in [0.3, 0.4) is 0 Å². The smallest absolute Gasteiger partial charge is 0.193 e. The summed E-state index contributed by atoms with van der Waals surface area (Å²) in [7, 11) is 0. The summed E-state index contributed by atoms with van der Waals surface area (Å²) in [6.07, 6.45) is 1.66. The fraction of sp³-hybridized carbons (Fsp3) is 0.462. The van der Waals surface area contributed by atoms with Gasteiger partial charge in [-0.1, -0.05) is 18.5 Å². The van der Waals surface area contributed by atoms with Crippen molar-refractivity contribution in [2.75, 3.05) is 6.54 Å². The number of furan rings is 1. The molecule has 0 aliphatic carbocycles. The van der Waals surface area contributed by atoms with Crippen molar-refractivity contribution in [2.24, 2.45) is 0 Å². The summed E-state index contributed by atoms with van der Waals surface area (Å²) in [5, 5.41) is 8.66. The quantitative estimate of drug-likeness (QED) is 0.905. The van der Waals surface area contributed by atoms with E-state index >= 15 is 0 Å². The molecule has 0 bridgehead atoms. The van der Waals surface area contributed by atoms with Gasteiger partial charge < -0.3 is 9.73 Å². The summed E-state index contributed by atoms with van der Waals surface area (Å²) >= 11 is 12.1. The van der Waals surface area contributed by atoms with Gasteiger partial charge in [-0.25, -0.2) is 0 Å². The van der Waals surface area contributed by atoms with Crippen molar-refractivity contribution in [3.8, 4) is 0 Å². The summed E-state index contributed by atoms with van der Waals surface area (Å²) in [4.78, 5) is 0. The van der Waals surface area contributed by atoms with Gasteiger partial charge in [-0.15, -0.1) is 0 Å². The Hall–Kier alpha value is -0.970. The predicted molar refractivity (Wildman–Crippen MR) is 76.9 cm³/mol. The van der Waals surface area contributed by atoms with Crippen molar-refractivity contribution in [2.45, 2.75) is 32.9 Å². The van der Waals surface area contributed by atoms with E-state index < -0.39 is 0 Å². The summed E-state index contributed by atoms with van der Waals surface area (Å²) < 4.78 is 7.41. The second-order valence-electron chi connectivity index (χ2n) is 4.55. The molecule has 19 heavy (non-hydrogen) atoms. The maximum Gasteiger partial charge on any atom is 0.193 e. The lowest BCUT2D eigenvalue weighted by molar-refractivity contribution is 0.417. The zero-order valence-electron chi connectivity index (χ0n) is 11.2. The zero-order chi connectivity index (χ0) is 14.0. The van der Waals surface area contributed by atoms with E-state index in [-0.39, 0.29) is 12.1 Å². The molecule has 0 spiro atoms. The van der Waals surface area contributed by atoms with E-state index in [0.29, 0.717) is 10.2 Å². The van der Waals surface area contributed by atoms with Crippen LogP contribution in [0.25, 0.3) is 0 Å². The van der Waals surface area contributed by atoms with E-state index in [1.807, 2.05) is 17.7 Å². The Morgan fingerprint density at radius 1 is 1.37 bits per heavy atom. The largest absolute Gasteiger partial charge is 0.448 e. The molecule has 0 aliphatic heterocycles. The highest BCUT2D eigenvalue weighted by molar-refractivity contribution is 6.31.